The Balaban J connectivity index is 1.41. The van der Waals surface area contributed by atoms with Gasteiger partial charge in [0.05, 0.1) is 17.6 Å². The molecule has 5 rings (SSSR count). The zero-order chi connectivity index (χ0) is 18.8. The number of anilines is 1. The minimum absolute atomic E-state index is 0.861. The molecule has 3 aromatic heterocycles. The number of aromatic nitrogens is 5. The standard InChI is InChI=1S/C21H27N7/c1-2-4-11-26(10-3-1)20-7-6-17(16-24-20)27-13-9-23-21(27)19-14-18-15-22-8-5-12-28(18)25-19/h6-7,9,13-14,16,22H,1-5,8,10-12,15H2. The van der Waals surface area contributed by atoms with Crippen molar-refractivity contribution in [1.29, 1.82) is 0 Å². The van der Waals surface area contributed by atoms with Crippen LogP contribution in [0.15, 0.2) is 36.8 Å². The number of aryl methyl sites for hydroxylation is 1. The lowest BCUT2D eigenvalue weighted by Crippen LogP contribution is -2.24. The van der Waals surface area contributed by atoms with Gasteiger partial charge in [0.15, 0.2) is 5.82 Å². The van der Waals surface area contributed by atoms with E-state index < -0.39 is 0 Å². The summed E-state index contributed by atoms with van der Waals surface area (Å²) in [6.45, 7) is 5.07. The van der Waals surface area contributed by atoms with E-state index in [1.807, 2.05) is 18.6 Å². The summed E-state index contributed by atoms with van der Waals surface area (Å²) in [6.07, 6.45) is 12.1. The molecule has 1 N–H and O–H groups in total. The minimum atomic E-state index is 0.861. The Hall–Kier alpha value is -2.67. The van der Waals surface area contributed by atoms with Gasteiger partial charge in [-0.05, 0) is 44.0 Å². The maximum Gasteiger partial charge on any atom is 0.165 e. The van der Waals surface area contributed by atoms with Crippen molar-refractivity contribution in [3.8, 4) is 17.2 Å². The Morgan fingerprint density at radius 3 is 2.64 bits per heavy atom. The van der Waals surface area contributed by atoms with Gasteiger partial charge in [0.25, 0.3) is 0 Å². The van der Waals surface area contributed by atoms with Crippen LogP contribution in [0.2, 0.25) is 0 Å². The van der Waals surface area contributed by atoms with Crippen molar-refractivity contribution in [1.82, 2.24) is 29.6 Å². The molecule has 2 aliphatic rings. The molecule has 0 unspecified atom stereocenters. The van der Waals surface area contributed by atoms with Crippen LogP contribution in [0.1, 0.15) is 37.8 Å². The molecule has 5 heterocycles. The quantitative estimate of drug-likeness (QED) is 0.760. The van der Waals surface area contributed by atoms with Crippen LogP contribution in [0.25, 0.3) is 17.2 Å². The molecule has 0 bridgehead atoms. The number of pyridine rings is 1. The summed E-state index contributed by atoms with van der Waals surface area (Å²) in [7, 11) is 0. The third-order valence-corrected chi connectivity index (χ3v) is 5.70. The van der Waals surface area contributed by atoms with Crippen LogP contribution in [-0.2, 0) is 13.1 Å². The Labute approximate surface area is 165 Å². The van der Waals surface area contributed by atoms with Crippen molar-refractivity contribution >= 4 is 5.82 Å². The van der Waals surface area contributed by atoms with E-state index in [4.69, 9.17) is 10.1 Å². The molecule has 0 spiro atoms. The summed E-state index contributed by atoms with van der Waals surface area (Å²) < 4.78 is 4.18. The molecule has 0 atom stereocenters. The first-order valence-electron chi connectivity index (χ1n) is 10.4. The number of hydrogen-bond donors (Lipinski definition) is 1. The molecule has 7 nitrogen and oxygen atoms in total. The molecule has 0 saturated carbocycles. The second kappa shape index (κ2) is 7.75. The van der Waals surface area contributed by atoms with Crippen molar-refractivity contribution in [3.05, 3.63) is 42.5 Å². The normalized spacial score (nSPS) is 17.8. The maximum atomic E-state index is 4.81. The third-order valence-electron chi connectivity index (χ3n) is 5.70. The first kappa shape index (κ1) is 17.4. The predicted molar refractivity (Wildman–Crippen MR) is 110 cm³/mol. The second-order valence-corrected chi connectivity index (χ2v) is 7.67. The van der Waals surface area contributed by atoms with E-state index in [9.17, 15) is 0 Å². The Bertz CT molecular complexity index is 893. The zero-order valence-corrected chi connectivity index (χ0v) is 16.2. The van der Waals surface area contributed by atoms with Gasteiger partial charge in [-0.3, -0.25) is 9.25 Å². The molecule has 0 aliphatic carbocycles. The molecule has 1 fully saturated rings. The molecule has 1 saturated heterocycles. The minimum Gasteiger partial charge on any atom is -0.357 e. The average Bonchev–Trinajstić information content (AvgIpc) is 3.19. The number of nitrogens with zero attached hydrogens (tertiary/aromatic N) is 6. The fraction of sp³-hybridized carbons (Fsp3) is 0.476. The van der Waals surface area contributed by atoms with Gasteiger partial charge in [0.1, 0.15) is 11.5 Å². The SMILES string of the molecule is c1cn(-c2ccc(N3CCCCCC3)nc2)c(-c2cc3n(n2)CCCNC3)n1. The first-order valence-corrected chi connectivity index (χ1v) is 10.4. The third kappa shape index (κ3) is 3.42. The van der Waals surface area contributed by atoms with E-state index in [0.717, 1.165) is 62.2 Å². The van der Waals surface area contributed by atoms with Crippen molar-refractivity contribution < 1.29 is 0 Å². The van der Waals surface area contributed by atoms with E-state index in [2.05, 4.69) is 42.6 Å². The lowest BCUT2D eigenvalue weighted by molar-refractivity contribution is 0.588. The number of imidazole rings is 1. The highest BCUT2D eigenvalue weighted by atomic mass is 15.3. The number of nitrogens with one attached hydrogen (secondary N) is 1. The highest BCUT2D eigenvalue weighted by Gasteiger charge is 2.17. The van der Waals surface area contributed by atoms with E-state index >= 15 is 0 Å². The van der Waals surface area contributed by atoms with Gasteiger partial charge in [0.2, 0.25) is 0 Å². The molecule has 3 aromatic rings. The van der Waals surface area contributed by atoms with Crippen molar-refractivity contribution in [2.24, 2.45) is 0 Å². The lowest BCUT2D eigenvalue weighted by atomic mass is 10.2. The molecule has 0 aromatic carbocycles. The maximum absolute atomic E-state index is 4.81. The molecule has 0 radical (unpaired) electrons. The van der Waals surface area contributed by atoms with Crippen LogP contribution < -0.4 is 10.2 Å². The van der Waals surface area contributed by atoms with Crippen LogP contribution >= 0.6 is 0 Å². The zero-order valence-electron chi connectivity index (χ0n) is 16.2. The smallest absolute Gasteiger partial charge is 0.165 e. The van der Waals surface area contributed by atoms with Crippen LogP contribution in [0.5, 0.6) is 0 Å². The summed E-state index contributed by atoms with van der Waals surface area (Å²) in [6, 6.07) is 6.42. The molecular formula is C21H27N7. The highest BCUT2D eigenvalue weighted by Crippen LogP contribution is 2.24. The second-order valence-electron chi connectivity index (χ2n) is 7.67. The number of rotatable bonds is 3. The molecular weight excluding hydrogens is 350 g/mol. The topological polar surface area (TPSA) is 63.8 Å². The van der Waals surface area contributed by atoms with Crippen LogP contribution in [-0.4, -0.2) is 43.9 Å². The Kier molecular flexibility index (Phi) is 4.83. The summed E-state index contributed by atoms with van der Waals surface area (Å²) in [5.41, 5.74) is 3.16. The molecule has 2 aliphatic heterocycles. The van der Waals surface area contributed by atoms with Gasteiger partial charge < -0.3 is 10.2 Å². The fourth-order valence-corrected chi connectivity index (χ4v) is 4.18. The fourth-order valence-electron chi connectivity index (χ4n) is 4.18. The van der Waals surface area contributed by atoms with Crippen LogP contribution in [0.4, 0.5) is 5.82 Å². The van der Waals surface area contributed by atoms with E-state index in [-0.39, 0.29) is 0 Å². The largest absolute Gasteiger partial charge is 0.357 e. The van der Waals surface area contributed by atoms with E-state index in [0.29, 0.717) is 0 Å². The number of hydrogen-bond acceptors (Lipinski definition) is 5. The van der Waals surface area contributed by atoms with Crippen molar-refractivity contribution in [2.75, 3.05) is 24.5 Å². The van der Waals surface area contributed by atoms with Gasteiger partial charge in [-0.15, -0.1) is 0 Å². The average molecular weight is 377 g/mol. The molecule has 0 amide bonds. The van der Waals surface area contributed by atoms with Crippen LogP contribution in [0, 0.1) is 0 Å². The van der Waals surface area contributed by atoms with Gasteiger partial charge in [-0.1, -0.05) is 12.8 Å². The molecule has 146 valence electrons. The van der Waals surface area contributed by atoms with E-state index in [1.165, 1.54) is 31.4 Å². The molecule has 28 heavy (non-hydrogen) atoms. The van der Waals surface area contributed by atoms with Crippen molar-refractivity contribution in [2.45, 2.75) is 45.2 Å². The number of fused-ring (bicyclic) bond motifs is 1. The lowest BCUT2D eigenvalue weighted by Gasteiger charge is -2.21. The van der Waals surface area contributed by atoms with Gasteiger partial charge in [-0.2, -0.15) is 5.10 Å². The molecule has 7 heteroatoms. The van der Waals surface area contributed by atoms with Gasteiger partial charge in [-0.25, -0.2) is 9.97 Å². The van der Waals surface area contributed by atoms with Gasteiger partial charge >= 0.3 is 0 Å². The van der Waals surface area contributed by atoms with Crippen molar-refractivity contribution in [3.63, 3.8) is 0 Å². The highest BCUT2D eigenvalue weighted by molar-refractivity contribution is 5.55. The monoisotopic (exact) mass is 377 g/mol. The van der Waals surface area contributed by atoms with Crippen LogP contribution in [0.3, 0.4) is 0 Å². The summed E-state index contributed by atoms with van der Waals surface area (Å²) >= 11 is 0. The van der Waals surface area contributed by atoms with E-state index in [1.54, 1.807) is 0 Å². The Morgan fingerprint density at radius 1 is 0.929 bits per heavy atom. The summed E-state index contributed by atoms with van der Waals surface area (Å²) in [4.78, 5) is 11.7. The van der Waals surface area contributed by atoms with Gasteiger partial charge in [0, 0.05) is 38.6 Å². The Morgan fingerprint density at radius 2 is 1.82 bits per heavy atom. The summed E-state index contributed by atoms with van der Waals surface area (Å²) in [5.74, 6) is 1.94. The predicted octanol–water partition coefficient (Wildman–Crippen LogP) is 3.00. The first-order chi connectivity index (χ1) is 13.9. The summed E-state index contributed by atoms with van der Waals surface area (Å²) in [5, 5.41) is 8.25.